The third kappa shape index (κ3) is 5.82. The summed E-state index contributed by atoms with van der Waals surface area (Å²) in [5, 5.41) is 2.86. The highest BCUT2D eigenvalue weighted by atomic mass is 19.1. The number of rotatable bonds is 3. The van der Waals surface area contributed by atoms with E-state index in [1.807, 2.05) is 0 Å². The number of nitrogens with one attached hydrogen (secondary N) is 1. The number of amides is 1. The molecule has 1 saturated carbocycles. The van der Waals surface area contributed by atoms with Gasteiger partial charge in [-0.05, 0) is 54.2 Å². The van der Waals surface area contributed by atoms with Crippen LogP contribution in [0.4, 0.5) is 13.6 Å². The lowest BCUT2D eigenvalue weighted by molar-refractivity contribution is 0.186. The number of carbonyl (C=O) groups excluding carboxylic acids is 1. The van der Waals surface area contributed by atoms with Crippen LogP contribution in [0.3, 0.4) is 0 Å². The summed E-state index contributed by atoms with van der Waals surface area (Å²) in [5.74, 6) is 1.72. The van der Waals surface area contributed by atoms with Crippen molar-refractivity contribution < 1.29 is 18.3 Å². The third-order valence-electron chi connectivity index (χ3n) is 4.93. The molecule has 1 aliphatic carbocycles. The van der Waals surface area contributed by atoms with Crippen LogP contribution in [-0.4, -0.2) is 12.1 Å². The molecule has 0 radical (unpaired) electrons. The molecule has 0 heterocycles. The summed E-state index contributed by atoms with van der Waals surface area (Å²) in [4.78, 5) is 12.0. The molecule has 2 aromatic rings. The summed E-state index contributed by atoms with van der Waals surface area (Å²) < 4.78 is 31.6. The van der Waals surface area contributed by atoms with Crippen molar-refractivity contribution >= 4 is 6.09 Å². The first-order chi connectivity index (χ1) is 13.6. The molecule has 0 atom stereocenters. The minimum Gasteiger partial charge on any atom is -0.356 e. The second kappa shape index (κ2) is 9.89. The first-order valence-corrected chi connectivity index (χ1v) is 9.60. The van der Waals surface area contributed by atoms with Gasteiger partial charge in [-0.3, -0.25) is 0 Å². The van der Waals surface area contributed by atoms with Crippen LogP contribution in [0, 0.1) is 23.7 Å². The summed E-state index contributed by atoms with van der Waals surface area (Å²) in [6.07, 6.45) is 8.42. The zero-order valence-corrected chi connectivity index (χ0v) is 15.6. The highest BCUT2D eigenvalue weighted by Gasteiger charge is 2.16. The fourth-order valence-electron chi connectivity index (χ4n) is 3.42. The first-order valence-electron chi connectivity index (χ1n) is 9.60. The predicted molar refractivity (Wildman–Crippen MR) is 104 cm³/mol. The van der Waals surface area contributed by atoms with Crippen LogP contribution < -0.4 is 5.32 Å². The minimum absolute atomic E-state index is 0.127. The molecule has 1 amide bonds. The maximum Gasteiger partial charge on any atom is 0.421 e. The second-order valence-electron chi connectivity index (χ2n) is 7.00. The summed E-state index contributed by atoms with van der Waals surface area (Å²) >= 11 is 0. The summed E-state index contributed by atoms with van der Waals surface area (Å²) in [5.41, 5.74) is 1.46. The highest BCUT2D eigenvalue weighted by molar-refractivity contribution is 5.68. The fraction of sp³-hybridized carbons (Fsp3) is 0.348. The van der Waals surface area contributed by atoms with E-state index in [0.717, 1.165) is 36.8 Å². The molecule has 1 fully saturated rings. The van der Waals surface area contributed by atoms with Gasteiger partial charge in [-0.25, -0.2) is 13.6 Å². The van der Waals surface area contributed by atoms with Gasteiger partial charge < -0.3 is 10.1 Å². The molecule has 2 aromatic carbocycles. The third-order valence-corrected chi connectivity index (χ3v) is 4.93. The average Bonchev–Trinajstić information content (AvgIpc) is 2.96. The molecule has 0 unspecified atom stereocenters. The Morgan fingerprint density at radius 1 is 0.893 bits per heavy atom. The van der Waals surface area contributed by atoms with Crippen molar-refractivity contribution in [3.05, 3.63) is 71.3 Å². The quantitative estimate of drug-likeness (QED) is 0.561. The summed E-state index contributed by atoms with van der Waals surface area (Å²) in [6.45, 7) is 0. The van der Waals surface area contributed by atoms with Gasteiger partial charge in [0.2, 0.25) is 0 Å². The van der Waals surface area contributed by atoms with E-state index in [4.69, 9.17) is 4.74 Å². The Hall–Kier alpha value is -2.87. The first kappa shape index (κ1) is 19.9. The molecule has 0 aliphatic heterocycles. The normalized spacial score (nSPS) is 14.7. The Kier molecular flexibility index (Phi) is 7.02. The fourth-order valence-corrected chi connectivity index (χ4v) is 3.42. The Balaban J connectivity index is 1.70. The van der Waals surface area contributed by atoms with E-state index in [1.54, 1.807) is 24.3 Å². The van der Waals surface area contributed by atoms with Gasteiger partial charge in [0.05, 0.1) is 5.92 Å². The average molecular weight is 383 g/mol. The molecule has 0 spiro atoms. The van der Waals surface area contributed by atoms with Crippen molar-refractivity contribution in [2.75, 3.05) is 0 Å². The number of benzene rings is 2. The predicted octanol–water partition coefficient (Wildman–Crippen LogP) is 5.51. The molecule has 28 heavy (non-hydrogen) atoms. The van der Waals surface area contributed by atoms with Crippen molar-refractivity contribution in [2.24, 2.45) is 0 Å². The van der Waals surface area contributed by atoms with E-state index in [-0.39, 0.29) is 17.7 Å². The van der Waals surface area contributed by atoms with Gasteiger partial charge >= 0.3 is 6.09 Å². The van der Waals surface area contributed by atoms with E-state index < -0.39 is 12.0 Å². The lowest BCUT2D eigenvalue weighted by atomic mass is 9.92. The van der Waals surface area contributed by atoms with E-state index in [0.29, 0.717) is 0 Å². The maximum absolute atomic E-state index is 13.3. The number of carbonyl (C=O) groups is 1. The van der Waals surface area contributed by atoms with Crippen LogP contribution in [0.25, 0.3) is 0 Å². The largest absolute Gasteiger partial charge is 0.421 e. The molecule has 1 aliphatic rings. The number of halogens is 2. The van der Waals surface area contributed by atoms with Crippen LogP contribution in [0.1, 0.15) is 55.6 Å². The van der Waals surface area contributed by atoms with Gasteiger partial charge in [-0.2, -0.15) is 0 Å². The van der Waals surface area contributed by atoms with Crippen LogP contribution in [0.2, 0.25) is 0 Å². The minimum atomic E-state index is -0.559. The van der Waals surface area contributed by atoms with Crippen molar-refractivity contribution in [3.63, 3.8) is 0 Å². The lowest BCUT2D eigenvalue weighted by Gasteiger charge is -2.14. The summed E-state index contributed by atoms with van der Waals surface area (Å²) in [6, 6.07) is 11.9. The van der Waals surface area contributed by atoms with Gasteiger partial charge in [-0.15, -0.1) is 0 Å². The monoisotopic (exact) mass is 383 g/mol. The molecule has 0 bridgehead atoms. The molecule has 3 nitrogen and oxygen atoms in total. The van der Waals surface area contributed by atoms with Crippen molar-refractivity contribution in [2.45, 2.75) is 50.5 Å². The lowest BCUT2D eigenvalue weighted by Crippen LogP contribution is -2.34. The van der Waals surface area contributed by atoms with Crippen LogP contribution >= 0.6 is 0 Å². The van der Waals surface area contributed by atoms with Gasteiger partial charge in [0.25, 0.3) is 0 Å². The van der Waals surface area contributed by atoms with E-state index >= 15 is 0 Å². The SMILES string of the molecule is O=C(NC1CCCCCC1)OC#CC(c1ccc(F)cc1)c1ccc(F)cc1. The zero-order chi connectivity index (χ0) is 19.8. The Morgan fingerprint density at radius 3 is 1.89 bits per heavy atom. The van der Waals surface area contributed by atoms with Crippen molar-refractivity contribution in [1.29, 1.82) is 0 Å². The van der Waals surface area contributed by atoms with Crippen molar-refractivity contribution in [3.8, 4) is 12.0 Å². The Bertz CT molecular complexity index is 784. The smallest absolute Gasteiger partial charge is 0.356 e. The van der Waals surface area contributed by atoms with Crippen LogP contribution in [-0.2, 0) is 4.74 Å². The topological polar surface area (TPSA) is 38.3 Å². The molecule has 146 valence electrons. The number of alkyl carbamates (subject to hydrolysis) is 1. The van der Waals surface area contributed by atoms with E-state index in [2.05, 4.69) is 17.3 Å². The second-order valence-corrected chi connectivity index (χ2v) is 7.00. The Labute approximate surface area is 164 Å². The zero-order valence-electron chi connectivity index (χ0n) is 15.6. The molecule has 5 heteroatoms. The molecule has 0 aromatic heterocycles. The molecule has 3 rings (SSSR count). The molecular formula is C23H23F2NO2. The maximum atomic E-state index is 13.3. The molecule has 1 N–H and O–H groups in total. The van der Waals surface area contributed by atoms with Crippen molar-refractivity contribution in [1.82, 2.24) is 5.32 Å². The standard InChI is InChI=1S/C23H23F2NO2/c24-19-11-7-17(8-12-19)22(18-9-13-20(25)14-10-18)15-16-28-23(27)26-21-5-3-1-2-4-6-21/h7-14,21-22H,1-6H2,(H,26,27). The van der Waals surface area contributed by atoms with Gasteiger partial charge in [0.1, 0.15) is 17.7 Å². The van der Waals surface area contributed by atoms with Crippen LogP contribution in [0.5, 0.6) is 0 Å². The number of hydrogen-bond donors (Lipinski definition) is 1. The van der Waals surface area contributed by atoms with Crippen LogP contribution in [0.15, 0.2) is 48.5 Å². The van der Waals surface area contributed by atoms with Gasteiger partial charge in [0, 0.05) is 6.04 Å². The molecular weight excluding hydrogens is 360 g/mol. The Morgan fingerprint density at radius 2 is 1.39 bits per heavy atom. The molecule has 0 saturated heterocycles. The number of hydrogen-bond acceptors (Lipinski definition) is 2. The number of ether oxygens (including phenoxy) is 1. The summed E-state index contributed by atoms with van der Waals surface area (Å²) in [7, 11) is 0. The van der Waals surface area contributed by atoms with E-state index in [9.17, 15) is 13.6 Å². The highest BCUT2D eigenvalue weighted by Crippen LogP contribution is 2.24. The van der Waals surface area contributed by atoms with E-state index in [1.165, 1.54) is 37.1 Å². The van der Waals surface area contributed by atoms with Gasteiger partial charge in [0.15, 0.2) is 0 Å². The van der Waals surface area contributed by atoms with Gasteiger partial charge in [-0.1, -0.05) is 49.9 Å².